The molecule has 1 aliphatic rings. The van der Waals surface area contributed by atoms with Crippen LogP contribution in [0.5, 0.6) is 0 Å². The lowest BCUT2D eigenvalue weighted by atomic mass is 10.0. The second-order valence-corrected chi connectivity index (χ2v) is 10.8. The third kappa shape index (κ3) is 5.71. The van der Waals surface area contributed by atoms with Gasteiger partial charge in [-0.2, -0.15) is 4.31 Å². The smallest absolute Gasteiger partial charge is 0.251 e. The molecule has 2 aromatic rings. The number of amides is 2. The SMILES string of the molecule is CC(=O)c1cccc(S(=O)(=O)N2CCN(C(=O)[C@@H](NC(=O)c3ccc(C)cc3)C(C)C)CC2)c1. The molecule has 1 atom stereocenters. The van der Waals surface area contributed by atoms with E-state index in [0.717, 1.165) is 5.56 Å². The molecular weight excluding hydrogens is 454 g/mol. The predicted molar refractivity (Wildman–Crippen MR) is 129 cm³/mol. The lowest BCUT2D eigenvalue weighted by Gasteiger charge is -2.36. The number of hydrogen-bond acceptors (Lipinski definition) is 5. The number of rotatable bonds is 7. The molecule has 1 aliphatic heterocycles. The highest BCUT2D eigenvalue weighted by atomic mass is 32.2. The van der Waals surface area contributed by atoms with Gasteiger partial charge >= 0.3 is 0 Å². The molecule has 182 valence electrons. The van der Waals surface area contributed by atoms with Gasteiger partial charge in [0.15, 0.2) is 5.78 Å². The summed E-state index contributed by atoms with van der Waals surface area (Å²) in [6.45, 7) is 7.74. The number of carbonyl (C=O) groups is 3. The Kier molecular flexibility index (Phi) is 7.89. The Balaban J connectivity index is 1.67. The van der Waals surface area contributed by atoms with E-state index < -0.39 is 16.1 Å². The molecule has 9 heteroatoms. The van der Waals surface area contributed by atoms with Gasteiger partial charge in [0.1, 0.15) is 6.04 Å². The third-order valence-electron chi connectivity index (χ3n) is 5.96. The number of nitrogens with one attached hydrogen (secondary N) is 1. The van der Waals surface area contributed by atoms with E-state index >= 15 is 0 Å². The van der Waals surface area contributed by atoms with Crippen molar-refractivity contribution in [2.75, 3.05) is 26.2 Å². The molecule has 0 radical (unpaired) electrons. The van der Waals surface area contributed by atoms with E-state index in [-0.39, 0.29) is 54.6 Å². The second-order valence-electron chi connectivity index (χ2n) is 8.87. The number of nitrogens with zero attached hydrogens (tertiary/aromatic N) is 2. The Bertz CT molecular complexity index is 1170. The summed E-state index contributed by atoms with van der Waals surface area (Å²) in [6.07, 6.45) is 0. The van der Waals surface area contributed by atoms with Gasteiger partial charge < -0.3 is 10.2 Å². The van der Waals surface area contributed by atoms with Crippen molar-refractivity contribution in [3.05, 3.63) is 65.2 Å². The molecule has 0 bridgehead atoms. The van der Waals surface area contributed by atoms with E-state index in [4.69, 9.17) is 0 Å². The van der Waals surface area contributed by atoms with E-state index in [2.05, 4.69) is 5.32 Å². The maximum Gasteiger partial charge on any atom is 0.251 e. The zero-order valence-electron chi connectivity index (χ0n) is 19.9. The first-order valence-corrected chi connectivity index (χ1v) is 12.7. The molecule has 1 heterocycles. The maximum atomic E-state index is 13.2. The van der Waals surface area contributed by atoms with Gasteiger partial charge in [-0.05, 0) is 44.0 Å². The quantitative estimate of drug-likeness (QED) is 0.607. The largest absolute Gasteiger partial charge is 0.340 e. The standard InChI is InChI=1S/C25H31N3O5S/c1-17(2)23(26-24(30)20-10-8-18(3)9-11-20)25(31)27-12-14-28(15-13-27)34(32,33)22-7-5-6-21(16-22)19(4)29/h5-11,16-17,23H,12-15H2,1-4H3,(H,26,30)/t23-/m0/s1. The van der Waals surface area contributed by atoms with Crippen LogP contribution < -0.4 is 5.32 Å². The monoisotopic (exact) mass is 485 g/mol. The Morgan fingerprint density at radius 1 is 0.912 bits per heavy atom. The van der Waals surface area contributed by atoms with Crippen LogP contribution in [0.4, 0.5) is 0 Å². The zero-order chi connectivity index (χ0) is 25.0. The molecule has 0 aromatic heterocycles. The summed E-state index contributed by atoms with van der Waals surface area (Å²) < 4.78 is 27.4. The van der Waals surface area contributed by atoms with Crippen molar-refractivity contribution >= 4 is 27.6 Å². The van der Waals surface area contributed by atoms with E-state index in [1.54, 1.807) is 29.2 Å². The minimum atomic E-state index is -3.79. The molecule has 0 aliphatic carbocycles. The second kappa shape index (κ2) is 10.5. The van der Waals surface area contributed by atoms with Crippen LogP contribution in [0.3, 0.4) is 0 Å². The van der Waals surface area contributed by atoms with E-state index in [9.17, 15) is 22.8 Å². The van der Waals surface area contributed by atoms with Crippen LogP contribution in [0, 0.1) is 12.8 Å². The minimum absolute atomic E-state index is 0.0606. The molecule has 0 spiro atoms. The Morgan fingerprint density at radius 2 is 1.53 bits per heavy atom. The van der Waals surface area contributed by atoms with E-state index in [0.29, 0.717) is 11.1 Å². The molecular formula is C25H31N3O5S. The van der Waals surface area contributed by atoms with Crippen LogP contribution in [-0.2, 0) is 14.8 Å². The number of piperazine rings is 1. The summed E-state index contributed by atoms with van der Waals surface area (Å²) in [6, 6.07) is 12.4. The lowest BCUT2D eigenvalue weighted by Crippen LogP contribution is -2.57. The number of hydrogen-bond donors (Lipinski definition) is 1. The summed E-state index contributed by atoms with van der Waals surface area (Å²) in [4.78, 5) is 39.2. The van der Waals surface area contributed by atoms with Gasteiger partial charge in [-0.25, -0.2) is 8.42 Å². The van der Waals surface area contributed by atoms with E-state index in [1.165, 1.54) is 23.4 Å². The van der Waals surface area contributed by atoms with Gasteiger partial charge in [-0.3, -0.25) is 14.4 Å². The van der Waals surface area contributed by atoms with Gasteiger partial charge in [-0.15, -0.1) is 0 Å². The number of ketones is 1. The topological polar surface area (TPSA) is 104 Å². The first-order valence-electron chi connectivity index (χ1n) is 11.3. The highest BCUT2D eigenvalue weighted by Gasteiger charge is 2.34. The molecule has 1 fully saturated rings. The van der Waals surface area contributed by atoms with Crippen LogP contribution in [0.15, 0.2) is 53.4 Å². The number of carbonyl (C=O) groups excluding carboxylic acids is 3. The molecule has 34 heavy (non-hydrogen) atoms. The summed E-state index contributed by atoms with van der Waals surface area (Å²) >= 11 is 0. The lowest BCUT2D eigenvalue weighted by molar-refractivity contribution is -0.135. The molecule has 3 rings (SSSR count). The highest BCUT2D eigenvalue weighted by Crippen LogP contribution is 2.20. The summed E-state index contributed by atoms with van der Waals surface area (Å²) in [5.41, 5.74) is 1.85. The van der Waals surface area contributed by atoms with Crippen molar-refractivity contribution < 1.29 is 22.8 Å². The predicted octanol–water partition coefficient (Wildman–Crippen LogP) is 2.49. The van der Waals surface area contributed by atoms with Crippen molar-refractivity contribution in [1.82, 2.24) is 14.5 Å². The fourth-order valence-electron chi connectivity index (χ4n) is 3.81. The molecule has 8 nitrogen and oxygen atoms in total. The first kappa shape index (κ1) is 25.6. The number of Topliss-reactive ketones (excluding diaryl/α,β-unsaturated/α-hetero) is 1. The third-order valence-corrected chi connectivity index (χ3v) is 7.86. The molecule has 0 saturated carbocycles. The first-order chi connectivity index (χ1) is 16.0. The molecule has 2 amide bonds. The van der Waals surface area contributed by atoms with Crippen molar-refractivity contribution in [2.45, 2.75) is 38.6 Å². The van der Waals surface area contributed by atoms with Gasteiger partial charge in [-0.1, -0.05) is 43.7 Å². The van der Waals surface area contributed by atoms with Crippen LogP contribution in [0.1, 0.15) is 47.1 Å². The van der Waals surface area contributed by atoms with Gasteiger partial charge in [0.2, 0.25) is 15.9 Å². The summed E-state index contributed by atoms with van der Waals surface area (Å²) in [5.74, 6) is -0.900. The maximum absolute atomic E-state index is 13.2. The highest BCUT2D eigenvalue weighted by molar-refractivity contribution is 7.89. The molecule has 1 N–H and O–H groups in total. The fraction of sp³-hybridized carbons (Fsp3) is 0.400. The molecule has 0 unspecified atom stereocenters. The average Bonchev–Trinajstić information content (AvgIpc) is 2.82. The zero-order valence-corrected chi connectivity index (χ0v) is 20.8. The Morgan fingerprint density at radius 3 is 2.09 bits per heavy atom. The van der Waals surface area contributed by atoms with Crippen LogP contribution in [0.25, 0.3) is 0 Å². The molecule has 1 saturated heterocycles. The number of benzene rings is 2. The van der Waals surface area contributed by atoms with Gasteiger partial charge in [0, 0.05) is 37.3 Å². The Hall–Kier alpha value is -3.04. The molecule has 2 aromatic carbocycles. The summed E-state index contributed by atoms with van der Waals surface area (Å²) in [7, 11) is -3.79. The van der Waals surface area contributed by atoms with E-state index in [1.807, 2.05) is 32.9 Å². The van der Waals surface area contributed by atoms with Gasteiger partial charge in [0.05, 0.1) is 4.90 Å². The Labute approximate surface area is 201 Å². The van der Waals surface area contributed by atoms with Crippen molar-refractivity contribution in [1.29, 1.82) is 0 Å². The summed E-state index contributed by atoms with van der Waals surface area (Å²) in [5, 5.41) is 2.84. The number of sulfonamides is 1. The van der Waals surface area contributed by atoms with Crippen molar-refractivity contribution in [3.63, 3.8) is 0 Å². The van der Waals surface area contributed by atoms with Crippen molar-refractivity contribution in [3.8, 4) is 0 Å². The van der Waals surface area contributed by atoms with Crippen molar-refractivity contribution in [2.24, 2.45) is 5.92 Å². The fourth-order valence-corrected chi connectivity index (χ4v) is 5.28. The average molecular weight is 486 g/mol. The van der Waals surface area contributed by atoms with Crippen LogP contribution in [0.2, 0.25) is 0 Å². The minimum Gasteiger partial charge on any atom is -0.340 e. The normalized spacial score (nSPS) is 15.7. The number of aryl methyl sites for hydroxylation is 1. The van der Waals surface area contributed by atoms with Crippen LogP contribution >= 0.6 is 0 Å². The van der Waals surface area contributed by atoms with Crippen LogP contribution in [-0.4, -0.2) is 67.4 Å². The van der Waals surface area contributed by atoms with Gasteiger partial charge in [0.25, 0.3) is 5.91 Å².